The zero-order valence-electron chi connectivity index (χ0n) is 16.1. The van der Waals surface area contributed by atoms with Crippen molar-refractivity contribution < 1.29 is 4.39 Å². The molecule has 0 radical (unpaired) electrons. The fourth-order valence-corrected chi connectivity index (χ4v) is 4.52. The van der Waals surface area contributed by atoms with Crippen molar-refractivity contribution in [3.63, 3.8) is 0 Å². The largest absolute Gasteiger partial charge is 0.299 e. The van der Waals surface area contributed by atoms with Crippen molar-refractivity contribution in [2.24, 2.45) is 0 Å². The molecule has 1 aliphatic heterocycles. The summed E-state index contributed by atoms with van der Waals surface area (Å²) < 4.78 is 13.5. The SMILES string of the molecule is CCCN1CCc2c(c(-c3ccc(F)cc3)nc3ccc4ccccc4c23)C1. The van der Waals surface area contributed by atoms with Crippen molar-refractivity contribution in [2.75, 3.05) is 13.1 Å². The van der Waals surface area contributed by atoms with Crippen LogP contribution in [-0.4, -0.2) is 23.0 Å². The molecule has 0 aliphatic carbocycles. The van der Waals surface area contributed by atoms with Crippen LogP contribution in [0.25, 0.3) is 32.9 Å². The van der Waals surface area contributed by atoms with E-state index >= 15 is 0 Å². The van der Waals surface area contributed by atoms with Crippen molar-refractivity contribution in [1.29, 1.82) is 0 Å². The number of rotatable bonds is 3. The van der Waals surface area contributed by atoms with Crippen molar-refractivity contribution in [3.05, 3.63) is 77.6 Å². The molecule has 3 heteroatoms. The summed E-state index contributed by atoms with van der Waals surface area (Å²) in [6, 6.07) is 19.6. The molecule has 0 atom stereocenters. The number of nitrogens with zero attached hydrogens (tertiary/aromatic N) is 2. The Kier molecular flexibility index (Phi) is 4.33. The normalized spacial score (nSPS) is 14.5. The summed E-state index contributed by atoms with van der Waals surface area (Å²) in [5.74, 6) is -0.211. The average molecular weight is 370 g/mol. The zero-order chi connectivity index (χ0) is 19.1. The molecule has 140 valence electrons. The highest BCUT2D eigenvalue weighted by molar-refractivity contribution is 6.09. The Morgan fingerprint density at radius 2 is 1.79 bits per heavy atom. The van der Waals surface area contributed by atoms with E-state index in [-0.39, 0.29) is 5.82 Å². The molecule has 1 aliphatic rings. The minimum Gasteiger partial charge on any atom is -0.299 e. The smallest absolute Gasteiger partial charge is 0.123 e. The highest BCUT2D eigenvalue weighted by atomic mass is 19.1. The van der Waals surface area contributed by atoms with Gasteiger partial charge in [-0.05, 0) is 71.6 Å². The summed E-state index contributed by atoms with van der Waals surface area (Å²) in [4.78, 5) is 7.59. The van der Waals surface area contributed by atoms with Crippen LogP contribution in [0.5, 0.6) is 0 Å². The number of fused-ring (bicyclic) bond motifs is 5. The molecular weight excluding hydrogens is 347 g/mol. The Balaban J connectivity index is 1.81. The van der Waals surface area contributed by atoms with Gasteiger partial charge in [0.25, 0.3) is 0 Å². The molecule has 2 nitrogen and oxygen atoms in total. The van der Waals surface area contributed by atoms with Gasteiger partial charge < -0.3 is 0 Å². The summed E-state index contributed by atoms with van der Waals surface area (Å²) in [7, 11) is 0. The first kappa shape index (κ1) is 17.3. The Bertz CT molecular complexity index is 1160. The van der Waals surface area contributed by atoms with Gasteiger partial charge in [0.1, 0.15) is 5.82 Å². The quantitative estimate of drug-likeness (QED) is 0.414. The van der Waals surface area contributed by atoms with Gasteiger partial charge in [0.15, 0.2) is 0 Å². The van der Waals surface area contributed by atoms with Crippen LogP contribution in [0.1, 0.15) is 24.5 Å². The third-order valence-electron chi connectivity index (χ3n) is 5.81. The molecule has 4 aromatic rings. The number of benzene rings is 3. The third-order valence-corrected chi connectivity index (χ3v) is 5.81. The van der Waals surface area contributed by atoms with Crippen LogP contribution in [0, 0.1) is 5.82 Å². The van der Waals surface area contributed by atoms with Crippen molar-refractivity contribution in [1.82, 2.24) is 9.88 Å². The molecule has 3 aromatic carbocycles. The topological polar surface area (TPSA) is 16.1 Å². The number of pyridine rings is 1. The molecule has 0 fully saturated rings. The lowest BCUT2D eigenvalue weighted by Gasteiger charge is -2.31. The lowest BCUT2D eigenvalue weighted by molar-refractivity contribution is 0.255. The van der Waals surface area contributed by atoms with Crippen LogP contribution in [-0.2, 0) is 13.0 Å². The molecule has 0 saturated carbocycles. The summed E-state index contributed by atoms with van der Waals surface area (Å²) in [6.45, 7) is 5.30. The second-order valence-electron chi connectivity index (χ2n) is 7.63. The van der Waals surface area contributed by atoms with Gasteiger partial charge in [-0.1, -0.05) is 37.3 Å². The summed E-state index contributed by atoms with van der Waals surface area (Å²) in [5, 5.41) is 3.82. The molecule has 0 bridgehead atoms. The van der Waals surface area contributed by atoms with Gasteiger partial charge >= 0.3 is 0 Å². The molecule has 0 amide bonds. The minimum atomic E-state index is -0.211. The van der Waals surface area contributed by atoms with Crippen LogP contribution in [0.2, 0.25) is 0 Å². The predicted octanol–water partition coefficient (Wildman–Crippen LogP) is 5.96. The zero-order valence-corrected chi connectivity index (χ0v) is 16.1. The third kappa shape index (κ3) is 2.87. The van der Waals surface area contributed by atoms with Crippen LogP contribution in [0.4, 0.5) is 4.39 Å². The number of hydrogen-bond acceptors (Lipinski definition) is 2. The van der Waals surface area contributed by atoms with Gasteiger partial charge in [-0.15, -0.1) is 0 Å². The molecule has 0 spiro atoms. The number of halogens is 1. The maximum absolute atomic E-state index is 13.5. The van der Waals surface area contributed by atoms with Gasteiger partial charge in [-0.3, -0.25) is 4.90 Å². The van der Waals surface area contributed by atoms with E-state index in [1.807, 2.05) is 12.1 Å². The van der Waals surface area contributed by atoms with Crippen LogP contribution < -0.4 is 0 Å². The Morgan fingerprint density at radius 3 is 2.61 bits per heavy atom. The summed E-state index contributed by atoms with van der Waals surface area (Å²) in [6.07, 6.45) is 2.17. The molecule has 0 saturated heterocycles. The first-order valence-electron chi connectivity index (χ1n) is 10.1. The van der Waals surface area contributed by atoms with Gasteiger partial charge in [0, 0.05) is 24.0 Å². The molecule has 5 rings (SSSR count). The average Bonchev–Trinajstić information content (AvgIpc) is 2.73. The highest BCUT2D eigenvalue weighted by Gasteiger charge is 2.24. The Morgan fingerprint density at radius 1 is 0.964 bits per heavy atom. The predicted molar refractivity (Wildman–Crippen MR) is 114 cm³/mol. The van der Waals surface area contributed by atoms with Crippen LogP contribution >= 0.6 is 0 Å². The Labute approximate surface area is 164 Å². The highest BCUT2D eigenvalue weighted by Crippen LogP contribution is 2.37. The van der Waals surface area contributed by atoms with Crippen LogP contribution in [0.15, 0.2) is 60.7 Å². The summed E-state index contributed by atoms with van der Waals surface area (Å²) >= 11 is 0. The lowest BCUT2D eigenvalue weighted by atomic mass is 9.89. The van der Waals surface area contributed by atoms with E-state index in [0.29, 0.717) is 0 Å². The minimum absolute atomic E-state index is 0.211. The van der Waals surface area contributed by atoms with Gasteiger partial charge in [-0.25, -0.2) is 9.37 Å². The van der Waals surface area contributed by atoms with E-state index in [1.165, 1.54) is 39.4 Å². The van der Waals surface area contributed by atoms with Crippen molar-refractivity contribution >= 4 is 21.7 Å². The standard InChI is InChI=1S/C25H23FN2/c1-2-14-28-15-13-21-22(16-28)25(18-7-10-19(26)11-8-18)27-23-12-9-17-5-3-4-6-20(17)24(21)23/h3-12H,2,13-16H2,1H3. The molecule has 28 heavy (non-hydrogen) atoms. The van der Waals surface area contributed by atoms with Gasteiger partial charge in [-0.2, -0.15) is 0 Å². The Hall–Kier alpha value is -2.78. The molecule has 2 heterocycles. The fourth-order valence-electron chi connectivity index (χ4n) is 4.52. The summed E-state index contributed by atoms with van der Waals surface area (Å²) in [5.41, 5.74) is 5.73. The van der Waals surface area contributed by atoms with E-state index in [9.17, 15) is 4.39 Å². The fraction of sp³-hybridized carbons (Fsp3) is 0.240. The maximum atomic E-state index is 13.5. The van der Waals surface area contributed by atoms with Crippen molar-refractivity contribution in [3.8, 4) is 11.3 Å². The molecule has 0 N–H and O–H groups in total. The van der Waals surface area contributed by atoms with E-state index in [4.69, 9.17) is 4.98 Å². The van der Waals surface area contributed by atoms with Crippen LogP contribution in [0.3, 0.4) is 0 Å². The second kappa shape index (κ2) is 6.99. The number of aromatic nitrogens is 1. The van der Waals surface area contributed by atoms with E-state index in [1.54, 1.807) is 0 Å². The first-order valence-corrected chi connectivity index (χ1v) is 10.1. The molecule has 1 aromatic heterocycles. The lowest BCUT2D eigenvalue weighted by Crippen LogP contribution is -2.32. The second-order valence-corrected chi connectivity index (χ2v) is 7.63. The van der Waals surface area contributed by atoms with E-state index < -0.39 is 0 Å². The first-order chi connectivity index (χ1) is 13.7. The van der Waals surface area contributed by atoms with Gasteiger partial charge in [0.05, 0.1) is 11.2 Å². The number of hydrogen-bond donors (Lipinski definition) is 0. The molecular formula is C25H23FN2. The molecule has 0 unspecified atom stereocenters. The maximum Gasteiger partial charge on any atom is 0.123 e. The van der Waals surface area contributed by atoms with E-state index in [0.717, 1.165) is 49.2 Å². The van der Waals surface area contributed by atoms with Gasteiger partial charge in [0.2, 0.25) is 0 Å². The monoisotopic (exact) mass is 370 g/mol. The van der Waals surface area contributed by atoms with Crippen molar-refractivity contribution in [2.45, 2.75) is 26.3 Å². The van der Waals surface area contributed by atoms with E-state index in [2.05, 4.69) is 48.2 Å².